The van der Waals surface area contributed by atoms with E-state index in [2.05, 4.69) is 23.4 Å². The molecular weight excluding hydrogens is 236 g/mol. The minimum absolute atomic E-state index is 0.232. The molecular formula is C16H30N2O. The number of hydrogen-bond acceptors (Lipinski definition) is 2. The second-order valence-electron chi connectivity index (χ2n) is 5.45. The fourth-order valence-corrected chi connectivity index (χ4v) is 2.45. The fourth-order valence-electron chi connectivity index (χ4n) is 2.45. The van der Waals surface area contributed by atoms with Crippen LogP contribution in [0.5, 0.6) is 0 Å². The van der Waals surface area contributed by atoms with Crippen molar-refractivity contribution in [2.24, 2.45) is 0 Å². The van der Waals surface area contributed by atoms with Crippen LogP contribution in [0.15, 0.2) is 12.4 Å². The molecule has 0 aliphatic rings. The molecule has 0 bridgehead atoms. The van der Waals surface area contributed by atoms with Crippen molar-refractivity contribution in [3.8, 4) is 0 Å². The van der Waals surface area contributed by atoms with E-state index in [0.717, 1.165) is 31.6 Å². The number of aryl methyl sites for hydroxylation is 1. The first-order valence-corrected chi connectivity index (χ1v) is 7.96. The average molecular weight is 266 g/mol. The van der Waals surface area contributed by atoms with E-state index in [1.807, 2.05) is 12.4 Å². The molecule has 1 rings (SSSR count). The summed E-state index contributed by atoms with van der Waals surface area (Å²) in [6.07, 6.45) is 14.0. The van der Waals surface area contributed by atoms with E-state index < -0.39 is 0 Å². The number of rotatable bonds is 11. The van der Waals surface area contributed by atoms with Gasteiger partial charge in [0.1, 0.15) is 5.82 Å². The van der Waals surface area contributed by atoms with Crippen molar-refractivity contribution in [3.63, 3.8) is 0 Å². The zero-order chi connectivity index (χ0) is 13.9. The second-order valence-corrected chi connectivity index (χ2v) is 5.45. The summed E-state index contributed by atoms with van der Waals surface area (Å²) in [5, 5.41) is 10.1. The van der Waals surface area contributed by atoms with Crippen LogP contribution in [0.3, 0.4) is 0 Å². The third-order valence-corrected chi connectivity index (χ3v) is 3.58. The number of hydrogen-bond donors (Lipinski definition) is 1. The van der Waals surface area contributed by atoms with Crippen LogP contribution in [0.25, 0.3) is 0 Å². The molecule has 0 aliphatic heterocycles. The maximum atomic E-state index is 10.1. The maximum absolute atomic E-state index is 10.1. The number of unbranched alkanes of at least 4 members (excludes halogenated alkanes) is 5. The van der Waals surface area contributed by atoms with E-state index in [9.17, 15) is 5.11 Å². The lowest BCUT2D eigenvalue weighted by Crippen LogP contribution is -2.14. The Morgan fingerprint density at radius 3 is 2.58 bits per heavy atom. The van der Waals surface area contributed by atoms with Gasteiger partial charge in [-0.3, -0.25) is 0 Å². The Hall–Kier alpha value is -0.830. The van der Waals surface area contributed by atoms with Gasteiger partial charge in [-0.15, -0.1) is 0 Å². The van der Waals surface area contributed by atoms with Gasteiger partial charge in [0.15, 0.2) is 0 Å². The predicted molar refractivity (Wildman–Crippen MR) is 80.2 cm³/mol. The van der Waals surface area contributed by atoms with Crippen LogP contribution in [0.4, 0.5) is 0 Å². The molecule has 3 nitrogen and oxygen atoms in total. The van der Waals surface area contributed by atoms with Crippen molar-refractivity contribution in [2.45, 2.75) is 84.3 Å². The normalized spacial score (nSPS) is 12.8. The molecule has 1 atom stereocenters. The number of imidazole rings is 1. The third-order valence-electron chi connectivity index (χ3n) is 3.58. The summed E-state index contributed by atoms with van der Waals surface area (Å²) in [5.41, 5.74) is 0. The van der Waals surface area contributed by atoms with Crippen LogP contribution in [0, 0.1) is 0 Å². The number of nitrogens with zero attached hydrogens (tertiary/aromatic N) is 2. The molecule has 1 aromatic rings. The van der Waals surface area contributed by atoms with Gasteiger partial charge in [-0.1, -0.05) is 52.4 Å². The lowest BCUT2D eigenvalue weighted by atomic mass is 10.1. The quantitative estimate of drug-likeness (QED) is 0.616. The SMILES string of the molecule is CCCCCCCCC(O)Cc1nccn1CCC. The summed E-state index contributed by atoms with van der Waals surface area (Å²) in [6, 6.07) is 0. The van der Waals surface area contributed by atoms with E-state index in [0.29, 0.717) is 6.42 Å². The topological polar surface area (TPSA) is 38.1 Å². The van der Waals surface area contributed by atoms with Gasteiger partial charge in [0, 0.05) is 25.4 Å². The van der Waals surface area contributed by atoms with Crippen LogP contribution in [-0.4, -0.2) is 20.8 Å². The van der Waals surface area contributed by atoms with E-state index in [1.54, 1.807) is 0 Å². The summed E-state index contributed by atoms with van der Waals surface area (Å²) in [4.78, 5) is 4.35. The van der Waals surface area contributed by atoms with Crippen molar-refractivity contribution < 1.29 is 5.11 Å². The Morgan fingerprint density at radius 2 is 1.84 bits per heavy atom. The van der Waals surface area contributed by atoms with E-state index in [4.69, 9.17) is 0 Å². The first kappa shape index (κ1) is 16.2. The van der Waals surface area contributed by atoms with Gasteiger partial charge >= 0.3 is 0 Å². The highest BCUT2D eigenvalue weighted by atomic mass is 16.3. The van der Waals surface area contributed by atoms with Gasteiger partial charge in [-0.05, 0) is 12.8 Å². The second kappa shape index (κ2) is 10.0. The molecule has 3 heteroatoms. The standard InChI is InChI=1S/C16H30N2O/c1-3-5-6-7-8-9-10-15(19)14-16-17-11-13-18(16)12-4-2/h11,13,15,19H,3-10,12,14H2,1-2H3. The van der Waals surface area contributed by atoms with E-state index in [-0.39, 0.29) is 6.10 Å². The number of aliphatic hydroxyl groups is 1. The number of aromatic nitrogens is 2. The summed E-state index contributed by atoms with van der Waals surface area (Å²) in [6.45, 7) is 5.40. The molecule has 1 heterocycles. The first-order chi connectivity index (χ1) is 9.27. The Balaban J connectivity index is 2.16. The van der Waals surface area contributed by atoms with E-state index in [1.165, 1.54) is 32.1 Å². The molecule has 19 heavy (non-hydrogen) atoms. The zero-order valence-corrected chi connectivity index (χ0v) is 12.6. The lowest BCUT2D eigenvalue weighted by Gasteiger charge is -2.11. The van der Waals surface area contributed by atoms with Crippen LogP contribution >= 0.6 is 0 Å². The summed E-state index contributed by atoms with van der Waals surface area (Å²) in [5.74, 6) is 1.03. The fraction of sp³-hybridized carbons (Fsp3) is 0.812. The minimum Gasteiger partial charge on any atom is -0.393 e. The van der Waals surface area contributed by atoms with Gasteiger partial charge in [0.05, 0.1) is 6.10 Å². The minimum atomic E-state index is -0.232. The molecule has 0 aromatic carbocycles. The molecule has 1 aromatic heterocycles. The Morgan fingerprint density at radius 1 is 1.11 bits per heavy atom. The van der Waals surface area contributed by atoms with E-state index >= 15 is 0 Å². The smallest absolute Gasteiger partial charge is 0.111 e. The molecule has 0 aliphatic carbocycles. The molecule has 0 saturated heterocycles. The summed E-state index contributed by atoms with van der Waals surface area (Å²) >= 11 is 0. The van der Waals surface area contributed by atoms with Gasteiger partial charge in [0.2, 0.25) is 0 Å². The Kier molecular flexibility index (Phi) is 8.55. The number of aliphatic hydroxyl groups excluding tert-OH is 1. The zero-order valence-electron chi connectivity index (χ0n) is 12.6. The highest BCUT2D eigenvalue weighted by Crippen LogP contribution is 2.11. The Bertz CT molecular complexity index is 322. The molecule has 0 amide bonds. The highest BCUT2D eigenvalue weighted by molar-refractivity contribution is 4.94. The maximum Gasteiger partial charge on any atom is 0.111 e. The van der Waals surface area contributed by atoms with Gasteiger partial charge in [0.25, 0.3) is 0 Å². The lowest BCUT2D eigenvalue weighted by molar-refractivity contribution is 0.157. The van der Waals surface area contributed by atoms with Crippen LogP contribution in [0.2, 0.25) is 0 Å². The van der Waals surface area contributed by atoms with Gasteiger partial charge in [-0.25, -0.2) is 4.98 Å². The van der Waals surface area contributed by atoms with Crippen molar-refractivity contribution in [2.75, 3.05) is 0 Å². The summed E-state index contributed by atoms with van der Waals surface area (Å²) in [7, 11) is 0. The molecule has 0 radical (unpaired) electrons. The van der Waals surface area contributed by atoms with Crippen molar-refractivity contribution in [1.29, 1.82) is 0 Å². The van der Waals surface area contributed by atoms with Crippen LogP contribution in [0.1, 0.15) is 71.0 Å². The first-order valence-electron chi connectivity index (χ1n) is 7.96. The molecule has 0 saturated carbocycles. The van der Waals surface area contributed by atoms with Crippen LogP contribution in [-0.2, 0) is 13.0 Å². The Labute approximate surface area is 118 Å². The van der Waals surface area contributed by atoms with Crippen LogP contribution < -0.4 is 0 Å². The average Bonchev–Trinajstić information content (AvgIpc) is 2.81. The molecule has 0 fully saturated rings. The largest absolute Gasteiger partial charge is 0.393 e. The predicted octanol–water partition coefficient (Wildman–Crippen LogP) is 3.95. The molecule has 1 unspecified atom stereocenters. The highest BCUT2D eigenvalue weighted by Gasteiger charge is 2.09. The van der Waals surface area contributed by atoms with Gasteiger partial charge < -0.3 is 9.67 Å². The van der Waals surface area contributed by atoms with Crippen molar-refractivity contribution in [1.82, 2.24) is 9.55 Å². The molecule has 1 N–H and O–H groups in total. The van der Waals surface area contributed by atoms with Crippen molar-refractivity contribution in [3.05, 3.63) is 18.2 Å². The summed E-state index contributed by atoms with van der Waals surface area (Å²) < 4.78 is 2.16. The van der Waals surface area contributed by atoms with Crippen molar-refractivity contribution >= 4 is 0 Å². The molecule has 110 valence electrons. The van der Waals surface area contributed by atoms with Gasteiger partial charge in [-0.2, -0.15) is 0 Å². The monoisotopic (exact) mass is 266 g/mol. The molecule has 0 spiro atoms. The third kappa shape index (κ3) is 6.76.